The predicted molar refractivity (Wildman–Crippen MR) is 66.0 cm³/mol. The summed E-state index contributed by atoms with van der Waals surface area (Å²) in [7, 11) is 0.209. The molecule has 0 amide bonds. The Hall–Kier alpha value is -1.07. The van der Waals surface area contributed by atoms with E-state index in [1.165, 1.54) is 19.2 Å². The second-order valence-electron chi connectivity index (χ2n) is 5.11. The standard InChI is InChI=1S/C12H18BFO3/c1-12(2,3)8-17-13(15)10-6-5-9(16-4)7-11(10)14/h5-7,15H,8H2,1-4H3. The molecule has 5 heteroatoms. The summed E-state index contributed by atoms with van der Waals surface area (Å²) in [5, 5.41) is 9.73. The van der Waals surface area contributed by atoms with Crippen molar-refractivity contribution < 1.29 is 18.8 Å². The maximum absolute atomic E-state index is 13.6. The second-order valence-corrected chi connectivity index (χ2v) is 5.11. The van der Waals surface area contributed by atoms with Crippen molar-refractivity contribution in [2.45, 2.75) is 20.8 Å². The lowest BCUT2D eigenvalue weighted by Gasteiger charge is -2.20. The van der Waals surface area contributed by atoms with Gasteiger partial charge in [-0.1, -0.05) is 26.8 Å². The molecule has 1 N–H and O–H groups in total. The molecule has 1 aromatic carbocycles. The molecular weight excluding hydrogens is 222 g/mol. The van der Waals surface area contributed by atoms with E-state index in [-0.39, 0.29) is 10.9 Å². The first-order valence-corrected chi connectivity index (χ1v) is 5.46. The Morgan fingerprint density at radius 2 is 2.00 bits per heavy atom. The van der Waals surface area contributed by atoms with Crippen LogP contribution in [0.1, 0.15) is 20.8 Å². The Balaban J connectivity index is 2.72. The highest BCUT2D eigenvalue weighted by atomic mass is 19.1. The lowest BCUT2D eigenvalue weighted by Crippen LogP contribution is -2.38. The largest absolute Gasteiger partial charge is 0.497 e. The van der Waals surface area contributed by atoms with E-state index < -0.39 is 12.9 Å². The number of hydrogen-bond donors (Lipinski definition) is 1. The predicted octanol–water partition coefficient (Wildman–Crippen LogP) is 1.58. The van der Waals surface area contributed by atoms with Gasteiger partial charge in [0.25, 0.3) is 0 Å². The zero-order valence-corrected chi connectivity index (χ0v) is 10.7. The van der Waals surface area contributed by atoms with Crippen LogP contribution in [-0.4, -0.2) is 25.9 Å². The average molecular weight is 240 g/mol. The van der Waals surface area contributed by atoms with E-state index in [1.807, 2.05) is 20.8 Å². The number of methoxy groups -OCH3 is 1. The number of rotatable bonds is 4. The van der Waals surface area contributed by atoms with Gasteiger partial charge in [0.15, 0.2) is 0 Å². The van der Waals surface area contributed by atoms with Crippen LogP contribution in [0.4, 0.5) is 4.39 Å². The van der Waals surface area contributed by atoms with E-state index in [9.17, 15) is 9.41 Å². The topological polar surface area (TPSA) is 38.7 Å². The Morgan fingerprint density at radius 3 is 2.47 bits per heavy atom. The summed E-state index contributed by atoms with van der Waals surface area (Å²) in [6.45, 7) is 6.28. The van der Waals surface area contributed by atoms with Gasteiger partial charge in [-0.05, 0) is 11.5 Å². The Bertz CT molecular complexity index is 377. The summed E-state index contributed by atoms with van der Waals surface area (Å²) >= 11 is 0. The molecule has 0 aliphatic carbocycles. The molecule has 0 aromatic heterocycles. The maximum atomic E-state index is 13.6. The van der Waals surface area contributed by atoms with Crippen LogP contribution in [0.15, 0.2) is 18.2 Å². The fourth-order valence-electron chi connectivity index (χ4n) is 1.25. The molecule has 0 unspecified atom stereocenters. The van der Waals surface area contributed by atoms with Crippen LogP contribution in [0.2, 0.25) is 0 Å². The van der Waals surface area contributed by atoms with Crippen LogP contribution < -0.4 is 10.2 Å². The van der Waals surface area contributed by atoms with Gasteiger partial charge in [0.1, 0.15) is 11.6 Å². The summed E-state index contributed by atoms with van der Waals surface area (Å²) in [5.74, 6) is -0.125. The molecule has 1 aromatic rings. The SMILES string of the molecule is COc1ccc(B(O)OCC(C)(C)C)c(F)c1. The average Bonchev–Trinajstić information content (AvgIpc) is 2.24. The van der Waals surface area contributed by atoms with Crippen LogP contribution >= 0.6 is 0 Å². The van der Waals surface area contributed by atoms with Crippen molar-refractivity contribution >= 4 is 12.6 Å². The van der Waals surface area contributed by atoms with Gasteiger partial charge in [-0.25, -0.2) is 4.39 Å². The fraction of sp³-hybridized carbons (Fsp3) is 0.500. The zero-order chi connectivity index (χ0) is 13.1. The van der Waals surface area contributed by atoms with Crippen molar-refractivity contribution in [1.82, 2.24) is 0 Å². The molecule has 1 rings (SSSR count). The minimum Gasteiger partial charge on any atom is -0.497 e. The quantitative estimate of drug-likeness (QED) is 0.812. The van der Waals surface area contributed by atoms with Crippen molar-refractivity contribution in [3.63, 3.8) is 0 Å². The van der Waals surface area contributed by atoms with Gasteiger partial charge >= 0.3 is 7.12 Å². The van der Waals surface area contributed by atoms with Crippen molar-refractivity contribution in [3.05, 3.63) is 24.0 Å². The van der Waals surface area contributed by atoms with Gasteiger partial charge < -0.3 is 14.4 Å². The molecule has 17 heavy (non-hydrogen) atoms. The third kappa shape index (κ3) is 4.36. The molecule has 0 radical (unpaired) electrons. The van der Waals surface area contributed by atoms with Crippen molar-refractivity contribution in [1.29, 1.82) is 0 Å². The van der Waals surface area contributed by atoms with Gasteiger partial charge in [0.05, 0.1) is 7.11 Å². The lowest BCUT2D eigenvalue weighted by molar-refractivity contribution is 0.174. The maximum Gasteiger partial charge on any atom is 0.494 e. The summed E-state index contributed by atoms with van der Waals surface area (Å²) in [6.07, 6.45) is 0. The summed E-state index contributed by atoms with van der Waals surface area (Å²) in [4.78, 5) is 0. The Kier molecular flexibility index (Phi) is 4.54. The van der Waals surface area contributed by atoms with E-state index in [2.05, 4.69) is 0 Å². The van der Waals surface area contributed by atoms with Gasteiger partial charge in [-0.2, -0.15) is 0 Å². The van der Waals surface area contributed by atoms with Gasteiger partial charge in [-0.15, -0.1) is 0 Å². The van der Waals surface area contributed by atoms with Crippen molar-refractivity contribution in [2.75, 3.05) is 13.7 Å². The minimum atomic E-state index is -1.25. The van der Waals surface area contributed by atoms with E-state index in [0.29, 0.717) is 12.4 Å². The molecular formula is C12H18BFO3. The first kappa shape index (κ1) is 14.0. The van der Waals surface area contributed by atoms with Crippen LogP contribution in [0, 0.1) is 11.2 Å². The Morgan fingerprint density at radius 1 is 1.35 bits per heavy atom. The smallest absolute Gasteiger partial charge is 0.494 e. The number of hydrogen-bond acceptors (Lipinski definition) is 3. The second kappa shape index (κ2) is 5.51. The molecule has 0 aliphatic rings. The molecule has 0 saturated heterocycles. The molecule has 0 bridgehead atoms. The van der Waals surface area contributed by atoms with Crippen LogP contribution in [-0.2, 0) is 4.65 Å². The minimum absolute atomic E-state index is 0.0794. The number of ether oxygens (including phenoxy) is 1. The summed E-state index contributed by atoms with van der Waals surface area (Å²) in [6, 6.07) is 4.27. The Labute approximate surface area is 102 Å². The van der Waals surface area contributed by atoms with Gasteiger partial charge in [0.2, 0.25) is 0 Å². The number of halogens is 1. The first-order chi connectivity index (χ1) is 7.83. The molecule has 0 fully saturated rings. The normalized spacial score (nSPS) is 11.4. The highest BCUT2D eigenvalue weighted by Crippen LogP contribution is 2.14. The fourth-order valence-corrected chi connectivity index (χ4v) is 1.25. The summed E-state index contributed by atoms with van der Waals surface area (Å²) < 4.78 is 23.7. The lowest BCUT2D eigenvalue weighted by atomic mass is 9.78. The van der Waals surface area contributed by atoms with E-state index in [0.717, 1.165) is 0 Å². The van der Waals surface area contributed by atoms with E-state index >= 15 is 0 Å². The third-order valence-electron chi connectivity index (χ3n) is 2.15. The highest BCUT2D eigenvalue weighted by molar-refractivity contribution is 6.60. The van der Waals surface area contributed by atoms with Crippen molar-refractivity contribution in [2.24, 2.45) is 5.41 Å². The monoisotopic (exact) mass is 240 g/mol. The van der Waals surface area contributed by atoms with Crippen LogP contribution in [0.5, 0.6) is 5.75 Å². The van der Waals surface area contributed by atoms with E-state index in [4.69, 9.17) is 9.39 Å². The molecule has 0 atom stereocenters. The molecule has 94 valence electrons. The third-order valence-corrected chi connectivity index (χ3v) is 2.15. The zero-order valence-electron chi connectivity index (χ0n) is 10.7. The molecule has 0 saturated carbocycles. The molecule has 0 spiro atoms. The van der Waals surface area contributed by atoms with Crippen LogP contribution in [0.25, 0.3) is 0 Å². The van der Waals surface area contributed by atoms with Gasteiger partial charge in [-0.3, -0.25) is 0 Å². The van der Waals surface area contributed by atoms with E-state index in [1.54, 1.807) is 6.07 Å². The molecule has 0 aliphatic heterocycles. The van der Waals surface area contributed by atoms with Crippen molar-refractivity contribution in [3.8, 4) is 5.75 Å². The van der Waals surface area contributed by atoms with Crippen LogP contribution in [0.3, 0.4) is 0 Å². The molecule has 0 heterocycles. The highest BCUT2D eigenvalue weighted by Gasteiger charge is 2.23. The number of benzene rings is 1. The summed E-state index contributed by atoms with van der Waals surface area (Å²) in [5.41, 5.74) is 0.0410. The van der Waals surface area contributed by atoms with Gasteiger partial charge in [0, 0.05) is 18.1 Å². The first-order valence-electron chi connectivity index (χ1n) is 5.46. The molecule has 3 nitrogen and oxygen atoms in total.